The first-order valence-corrected chi connectivity index (χ1v) is 10.2. The number of carbonyl (C=O) groups is 2. The van der Waals surface area contributed by atoms with Gasteiger partial charge in [0.25, 0.3) is 0 Å². The highest BCUT2D eigenvalue weighted by molar-refractivity contribution is 6.03. The average Bonchev–Trinajstić information content (AvgIpc) is 3.13. The van der Waals surface area contributed by atoms with Gasteiger partial charge in [0.15, 0.2) is 0 Å². The number of rotatable bonds is 8. The molecule has 1 N–H and O–H groups in total. The van der Waals surface area contributed by atoms with E-state index in [1.54, 1.807) is 4.90 Å². The molecule has 1 aliphatic heterocycles. The van der Waals surface area contributed by atoms with E-state index in [2.05, 4.69) is 24.1 Å². The molecule has 6 nitrogen and oxygen atoms in total. The number of amides is 2. The van der Waals surface area contributed by atoms with Crippen molar-refractivity contribution in [3.05, 3.63) is 48.5 Å². The van der Waals surface area contributed by atoms with Crippen molar-refractivity contribution in [1.29, 1.82) is 0 Å². The number of ether oxygens (including phenoxy) is 1. The molecule has 0 radical (unpaired) electrons. The maximum Gasteiger partial charge on any atom is 0.229 e. The van der Waals surface area contributed by atoms with E-state index < -0.39 is 0 Å². The second-order valence-corrected chi connectivity index (χ2v) is 7.04. The molecule has 1 unspecified atom stereocenters. The Morgan fingerprint density at radius 2 is 1.72 bits per heavy atom. The van der Waals surface area contributed by atoms with Crippen molar-refractivity contribution in [1.82, 2.24) is 0 Å². The summed E-state index contributed by atoms with van der Waals surface area (Å²) in [5.41, 5.74) is 2.67. The minimum atomic E-state index is -0.364. The van der Waals surface area contributed by atoms with Crippen molar-refractivity contribution in [3.8, 4) is 5.75 Å². The molecule has 154 valence electrons. The van der Waals surface area contributed by atoms with E-state index in [4.69, 9.17) is 4.74 Å². The van der Waals surface area contributed by atoms with Gasteiger partial charge in [-0.25, -0.2) is 0 Å². The first kappa shape index (κ1) is 20.7. The number of carbonyl (C=O) groups excluding carboxylic acids is 2. The zero-order chi connectivity index (χ0) is 20.8. The summed E-state index contributed by atoms with van der Waals surface area (Å²) in [5, 5.41) is 2.90. The highest BCUT2D eigenvalue weighted by Gasteiger charge is 2.35. The first-order chi connectivity index (χ1) is 14.0. The van der Waals surface area contributed by atoms with Crippen LogP contribution in [0.5, 0.6) is 5.75 Å². The summed E-state index contributed by atoms with van der Waals surface area (Å²) in [6.07, 6.45) is 0.223. The number of anilines is 3. The van der Waals surface area contributed by atoms with Crippen molar-refractivity contribution in [2.24, 2.45) is 5.92 Å². The van der Waals surface area contributed by atoms with Crippen molar-refractivity contribution < 1.29 is 14.3 Å². The molecule has 2 aromatic carbocycles. The zero-order valence-corrected chi connectivity index (χ0v) is 17.4. The first-order valence-electron chi connectivity index (χ1n) is 10.2. The van der Waals surface area contributed by atoms with Crippen molar-refractivity contribution in [2.75, 3.05) is 41.4 Å². The fourth-order valence-electron chi connectivity index (χ4n) is 3.61. The SMILES string of the molecule is CCOc1ccc(NC(=O)C2CC(=O)N(c3ccc(N(CC)CC)cc3)C2)cc1. The van der Waals surface area contributed by atoms with Gasteiger partial charge < -0.3 is 19.9 Å². The van der Waals surface area contributed by atoms with Crippen molar-refractivity contribution >= 4 is 28.9 Å². The van der Waals surface area contributed by atoms with E-state index >= 15 is 0 Å². The van der Waals surface area contributed by atoms with E-state index in [1.165, 1.54) is 0 Å². The molecular formula is C23H29N3O3. The number of hydrogen-bond acceptors (Lipinski definition) is 4. The smallest absolute Gasteiger partial charge is 0.229 e. The molecule has 29 heavy (non-hydrogen) atoms. The summed E-state index contributed by atoms with van der Waals surface area (Å²) >= 11 is 0. The molecule has 0 saturated carbocycles. The minimum absolute atomic E-state index is 0.0209. The van der Waals surface area contributed by atoms with Gasteiger partial charge in [0.1, 0.15) is 5.75 Å². The number of nitrogens with one attached hydrogen (secondary N) is 1. The summed E-state index contributed by atoms with van der Waals surface area (Å²) < 4.78 is 5.41. The van der Waals surface area contributed by atoms with Gasteiger partial charge in [-0.05, 0) is 69.3 Å². The zero-order valence-electron chi connectivity index (χ0n) is 17.4. The molecule has 0 bridgehead atoms. The number of nitrogens with zero attached hydrogens (tertiary/aromatic N) is 2. The van der Waals surface area contributed by atoms with E-state index in [-0.39, 0.29) is 24.2 Å². The van der Waals surface area contributed by atoms with Gasteiger partial charge in [-0.2, -0.15) is 0 Å². The molecule has 1 heterocycles. The van der Waals surface area contributed by atoms with Crippen LogP contribution in [0.15, 0.2) is 48.5 Å². The van der Waals surface area contributed by atoms with Crippen molar-refractivity contribution in [3.63, 3.8) is 0 Å². The summed E-state index contributed by atoms with van der Waals surface area (Å²) in [6, 6.07) is 15.2. The van der Waals surface area contributed by atoms with Crippen LogP contribution in [0.2, 0.25) is 0 Å². The summed E-state index contributed by atoms with van der Waals surface area (Å²) in [4.78, 5) is 29.1. The van der Waals surface area contributed by atoms with E-state index in [0.717, 1.165) is 30.2 Å². The maximum absolute atomic E-state index is 12.6. The molecule has 1 saturated heterocycles. The molecule has 2 amide bonds. The Hall–Kier alpha value is -3.02. The lowest BCUT2D eigenvalue weighted by Gasteiger charge is -2.22. The Kier molecular flexibility index (Phi) is 6.75. The van der Waals surface area contributed by atoms with Crippen LogP contribution in [-0.2, 0) is 9.59 Å². The second-order valence-electron chi connectivity index (χ2n) is 7.04. The van der Waals surface area contributed by atoms with Gasteiger partial charge in [-0.3, -0.25) is 9.59 Å². The van der Waals surface area contributed by atoms with Gasteiger partial charge in [-0.15, -0.1) is 0 Å². The summed E-state index contributed by atoms with van der Waals surface area (Å²) in [7, 11) is 0. The molecule has 1 aliphatic rings. The lowest BCUT2D eigenvalue weighted by molar-refractivity contribution is -0.122. The number of hydrogen-bond donors (Lipinski definition) is 1. The fraction of sp³-hybridized carbons (Fsp3) is 0.391. The van der Waals surface area contributed by atoms with Gasteiger partial charge >= 0.3 is 0 Å². The Morgan fingerprint density at radius 3 is 2.31 bits per heavy atom. The Balaban J connectivity index is 1.62. The topological polar surface area (TPSA) is 61.9 Å². The normalized spacial score (nSPS) is 16.0. The average molecular weight is 396 g/mol. The maximum atomic E-state index is 12.6. The molecule has 6 heteroatoms. The van der Waals surface area contributed by atoms with Crippen LogP contribution >= 0.6 is 0 Å². The molecule has 2 aromatic rings. The van der Waals surface area contributed by atoms with Crippen LogP contribution in [0, 0.1) is 5.92 Å². The third-order valence-corrected chi connectivity index (χ3v) is 5.22. The van der Waals surface area contributed by atoms with E-state index in [9.17, 15) is 9.59 Å². The van der Waals surface area contributed by atoms with E-state index in [0.29, 0.717) is 18.8 Å². The Bertz CT molecular complexity index is 829. The van der Waals surface area contributed by atoms with Gasteiger partial charge in [0.05, 0.1) is 12.5 Å². The van der Waals surface area contributed by atoms with Crippen LogP contribution in [0.1, 0.15) is 27.2 Å². The van der Waals surface area contributed by atoms with Gasteiger partial charge in [0, 0.05) is 43.1 Å². The Morgan fingerprint density at radius 1 is 1.07 bits per heavy atom. The van der Waals surface area contributed by atoms with Gasteiger partial charge in [0.2, 0.25) is 11.8 Å². The molecule has 0 aliphatic carbocycles. The Labute approximate surface area is 172 Å². The number of benzene rings is 2. The standard InChI is InChI=1S/C23H29N3O3/c1-4-25(5-2)19-9-11-20(12-10-19)26-16-17(15-22(26)27)23(28)24-18-7-13-21(14-8-18)29-6-3/h7-14,17H,4-6,15-16H2,1-3H3,(H,24,28). The molecule has 3 rings (SSSR count). The minimum Gasteiger partial charge on any atom is -0.494 e. The lowest BCUT2D eigenvalue weighted by Crippen LogP contribution is -2.28. The molecule has 1 atom stereocenters. The van der Waals surface area contributed by atoms with Gasteiger partial charge in [-0.1, -0.05) is 0 Å². The predicted molar refractivity (Wildman–Crippen MR) is 117 cm³/mol. The third-order valence-electron chi connectivity index (χ3n) is 5.22. The molecule has 0 spiro atoms. The van der Waals surface area contributed by atoms with Crippen LogP contribution in [0.3, 0.4) is 0 Å². The predicted octanol–water partition coefficient (Wildman–Crippen LogP) is 3.92. The lowest BCUT2D eigenvalue weighted by atomic mass is 10.1. The summed E-state index contributed by atoms with van der Waals surface area (Å²) in [5.74, 6) is 0.245. The molecular weight excluding hydrogens is 366 g/mol. The van der Waals surface area contributed by atoms with Crippen LogP contribution < -0.4 is 19.9 Å². The monoisotopic (exact) mass is 395 g/mol. The van der Waals surface area contributed by atoms with Crippen LogP contribution in [-0.4, -0.2) is 38.1 Å². The van der Waals surface area contributed by atoms with Crippen molar-refractivity contribution in [2.45, 2.75) is 27.2 Å². The van der Waals surface area contributed by atoms with E-state index in [1.807, 2.05) is 55.5 Å². The highest BCUT2D eigenvalue weighted by atomic mass is 16.5. The third kappa shape index (κ3) is 4.88. The van der Waals surface area contributed by atoms with Crippen LogP contribution in [0.25, 0.3) is 0 Å². The quantitative estimate of drug-likeness (QED) is 0.736. The van der Waals surface area contributed by atoms with Crippen LogP contribution in [0.4, 0.5) is 17.1 Å². The second kappa shape index (κ2) is 9.45. The highest BCUT2D eigenvalue weighted by Crippen LogP contribution is 2.28. The molecule has 0 aromatic heterocycles. The largest absolute Gasteiger partial charge is 0.494 e. The molecule has 1 fully saturated rings. The summed E-state index contributed by atoms with van der Waals surface area (Å²) in [6.45, 7) is 9.03. The fourth-order valence-corrected chi connectivity index (χ4v) is 3.61.